The van der Waals surface area contributed by atoms with Crippen LogP contribution in [0.1, 0.15) is 11.6 Å². The number of fused-ring (bicyclic) bond motifs is 1. The molecule has 0 unspecified atom stereocenters. The smallest absolute Gasteiger partial charge is 0.234 e. The van der Waals surface area contributed by atoms with Crippen molar-refractivity contribution in [3.05, 3.63) is 48.5 Å². The molecule has 0 radical (unpaired) electrons. The number of allylic oxidation sites excluding steroid dienone is 1. The number of piperazine rings is 1. The minimum absolute atomic E-state index is 0.0751. The normalized spacial score (nSPS) is 14.1. The van der Waals surface area contributed by atoms with Crippen LogP contribution in [-0.2, 0) is 11.3 Å². The molecule has 0 N–H and O–H groups in total. The van der Waals surface area contributed by atoms with Crippen molar-refractivity contribution in [3.8, 4) is 6.07 Å². The van der Waals surface area contributed by atoms with Crippen LogP contribution in [0, 0.1) is 18.3 Å². The molecule has 1 saturated heterocycles. The van der Waals surface area contributed by atoms with Crippen LogP contribution in [0.2, 0.25) is 0 Å². The Morgan fingerprint density at radius 1 is 1.30 bits per heavy atom. The fourth-order valence-corrected chi connectivity index (χ4v) is 4.48. The number of para-hydroxylation sites is 2. The zero-order valence-corrected chi connectivity index (χ0v) is 17.6. The molecule has 0 bridgehead atoms. The van der Waals surface area contributed by atoms with E-state index in [0.29, 0.717) is 55.9 Å². The van der Waals surface area contributed by atoms with E-state index >= 15 is 0 Å². The van der Waals surface area contributed by atoms with Crippen LogP contribution in [0.5, 0.6) is 0 Å². The third-order valence-corrected chi connectivity index (χ3v) is 5.96. The average molecular weight is 423 g/mol. The molecule has 4 rings (SSSR count). The summed E-state index contributed by atoms with van der Waals surface area (Å²) < 4.78 is 7.65. The third-order valence-electron chi connectivity index (χ3n) is 5.00. The number of carbonyl (C=O) groups excluding carboxylic acids is 1. The zero-order chi connectivity index (χ0) is 21.1. The molecule has 0 spiro atoms. The van der Waals surface area contributed by atoms with E-state index in [9.17, 15) is 10.1 Å². The fourth-order valence-electron chi connectivity index (χ4n) is 3.55. The summed E-state index contributed by atoms with van der Waals surface area (Å²) in [5.74, 6) is 1.37. The predicted molar refractivity (Wildman–Crippen MR) is 115 cm³/mol. The van der Waals surface area contributed by atoms with Gasteiger partial charge in [-0.05, 0) is 12.1 Å². The molecule has 3 heterocycles. The molecule has 1 amide bonds. The molecule has 0 aliphatic carbocycles. The largest absolute Gasteiger partial charge is 0.424 e. The minimum Gasteiger partial charge on any atom is -0.424 e. The summed E-state index contributed by atoms with van der Waals surface area (Å²) in [5.41, 5.74) is 2.25. The summed E-state index contributed by atoms with van der Waals surface area (Å²) in [5, 5.41) is 10.0. The fraction of sp³-hybridized carbons (Fsp3) is 0.333. The maximum Gasteiger partial charge on any atom is 0.234 e. The number of aryl methyl sites for hydroxylation is 1. The van der Waals surface area contributed by atoms with Gasteiger partial charge in [-0.2, -0.15) is 5.26 Å². The second kappa shape index (κ2) is 8.63. The molecule has 1 aliphatic rings. The second-order valence-electron chi connectivity index (χ2n) is 6.94. The van der Waals surface area contributed by atoms with E-state index in [4.69, 9.17) is 4.42 Å². The van der Waals surface area contributed by atoms with E-state index in [1.54, 1.807) is 6.92 Å². The Morgan fingerprint density at radius 3 is 2.80 bits per heavy atom. The Hall–Kier alpha value is -3.25. The number of imidazole rings is 1. The van der Waals surface area contributed by atoms with Gasteiger partial charge in [0, 0.05) is 39.6 Å². The first-order chi connectivity index (χ1) is 14.6. The maximum absolute atomic E-state index is 12.8. The highest BCUT2D eigenvalue weighted by Crippen LogP contribution is 2.26. The number of aromatic nitrogens is 3. The average Bonchev–Trinajstić information content (AvgIpc) is 3.32. The van der Waals surface area contributed by atoms with Crippen LogP contribution in [-0.4, -0.2) is 57.3 Å². The lowest BCUT2D eigenvalue weighted by atomic mass is 10.3. The number of carbonyl (C=O) groups is 1. The first-order valence-electron chi connectivity index (χ1n) is 9.70. The number of nitriles is 1. The van der Waals surface area contributed by atoms with Crippen molar-refractivity contribution >= 4 is 34.6 Å². The number of hydrogen-bond acceptors (Lipinski definition) is 7. The molecule has 1 fully saturated rings. The number of nitrogens with zero attached hydrogens (tertiary/aromatic N) is 6. The van der Waals surface area contributed by atoms with Crippen molar-refractivity contribution in [1.29, 1.82) is 5.26 Å². The Balaban J connectivity index is 1.38. The lowest BCUT2D eigenvalue weighted by Gasteiger charge is -2.34. The van der Waals surface area contributed by atoms with E-state index in [1.165, 1.54) is 11.8 Å². The maximum atomic E-state index is 12.8. The van der Waals surface area contributed by atoms with Gasteiger partial charge in [0.2, 0.25) is 17.5 Å². The number of oxazole rings is 1. The van der Waals surface area contributed by atoms with Crippen molar-refractivity contribution in [1.82, 2.24) is 19.4 Å². The van der Waals surface area contributed by atoms with Crippen molar-refractivity contribution in [2.24, 2.45) is 0 Å². The van der Waals surface area contributed by atoms with Gasteiger partial charge in [0.25, 0.3) is 0 Å². The molecule has 9 heteroatoms. The lowest BCUT2D eigenvalue weighted by molar-refractivity contribution is -0.128. The van der Waals surface area contributed by atoms with E-state index in [-0.39, 0.29) is 5.91 Å². The number of amides is 1. The molecule has 1 aliphatic heterocycles. The van der Waals surface area contributed by atoms with Crippen molar-refractivity contribution < 1.29 is 9.21 Å². The van der Waals surface area contributed by atoms with Gasteiger partial charge in [0.15, 0.2) is 11.0 Å². The molecular formula is C21H22N6O2S. The summed E-state index contributed by atoms with van der Waals surface area (Å²) in [6.07, 6.45) is 1.83. The molecular weight excluding hydrogens is 400 g/mol. The Bertz CT molecular complexity index is 1120. The summed E-state index contributed by atoms with van der Waals surface area (Å²) in [4.78, 5) is 25.3. The van der Waals surface area contributed by atoms with Crippen molar-refractivity contribution in [2.45, 2.75) is 18.6 Å². The molecule has 154 valence electrons. The lowest BCUT2D eigenvalue weighted by Crippen LogP contribution is -2.49. The topological polar surface area (TPSA) is 91.2 Å². The molecule has 3 aromatic rings. The second-order valence-corrected chi connectivity index (χ2v) is 7.88. The highest BCUT2D eigenvalue weighted by atomic mass is 32.2. The van der Waals surface area contributed by atoms with E-state index in [0.717, 1.165) is 16.2 Å². The molecule has 8 nitrogen and oxygen atoms in total. The van der Waals surface area contributed by atoms with Crippen LogP contribution in [0.25, 0.3) is 11.0 Å². The standard InChI is InChI=1S/C21H22N6O2S/c1-3-8-27-18-7-5-4-6-16(18)24-21(27)30-14-19(28)25-9-11-26(12-10-25)20-17(13-22)23-15(2)29-20/h3-7H,1,8-12,14H2,2H3. The highest BCUT2D eigenvalue weighted by molar-refractivity contribution is 7.99. The SMILES string of the molecule is C=CCn1c(SCC(=O)N2CCN(c3oc(C)nc3C#N)CC2)nc2ccccc21. The number of rotatable bonds is 6. The Labute approximate surface area is 178 Å². The molecule has 0 saturated carbocycles. The quantitative estimate of drug-likeness (QED) is 0.446. The number of hydrogen-bond donors (Lipinski definition) is 0. The number of benzene rings is 1. The Kier molecular flexibility index (Phi) is 5.77. The molecule has 30 heavy (non-hydrogen) atoms. The van der Waals surface area contributed by atoms with E-state index in [2.05, 4.69) is 27.2 Å². The van der Waals surface area contributed by atoms with E-state index < -0.39 is 0 Å². The van der Waals surface area contributed by atoms with Gasteiger partial charge in [0.05, 0.1) is 16.8 Å². The summed E-state index contributed by atoms with van der Waals surface area (Å²) in [7, 11) is 0. The van der Waals surface area contributed by atoms with Gasteiger partial charge >= 0.3 is 0 Å². The van der Waals surface area contributed by atoms with Gasteiger partial charge < -0.3 is 18.8 Å². The Morgan fingerprint density at radius 2 is 2.07 bits per heavy atom. The monoisotopic (exact) mass is 422 g/mol. The van der Waals surface area contributed by atoms with Crippen LogP contribution < -0.4 is 4.90 Å². The first-order valence-corrected chi connectivity index (χ1v) is 10.7. The molecule has 1 aromatic carbocycles. The highest BCUT2D eigenvalue weighted by Gasteiger charge is 2.26. The number of anilines is 1. The van der Waals surface area contributed by atoms with Crippen LogP contribution in [0.15, 0.2) is 46.5 Å². The van der Waals surface area contributed by atoms with Gasteiger partial charge in [-0.15, -0.1) is 6.58 Å². The minimum atomic E-state index is 0.0751. The van der Waals surface area contributed by atoms with Crippen LogP contribution >= 0.6 is 11.8 Å². The van der Waals surface area contributed by atoms with Gasteiger partial charge in [0.1, 0.15) is 6.07 Å². The van der Waals surface area contributed by atoms with Crippen molar-refractivity contribution in [2.75, 3.05) is 36.8 Å². The van der Waals surface area contributed by atoms with Crippen LogP contribution in [0.3, 0.4) is 0 Å². The van der Waals surface area contributed by atoms with Crippen LogP contribution in [0.4, 0.5) is 5.88 Å². The first kappa shape index (κ1) is 20.0. The summed E-state index contributed by atoms with van der Waals surface area (Å²) >= 11 is 1.45. The van der Waals surface area contributed by atoms with Crippen molar-refractivity contribution in [3.63, 3.8) is 0 Å². The zero-order valence-electron chi connectivity index (χ0n) is 16.7. The molecule has 0 atom stereocenters. The summed E-state index contributed by atoms with van der Waals surface area (Å²) in [6.45, 7) is 8.56. The van der Waals surface area contributed by atoms with Gasteiger partial charge in [-0.3, -0.25) is 4.79 Å². The van der Waals surface area contributed by atoms with Gasteiger partial charge in [-0.1, -0.05) is 30.0 Å². The van der Waals surface area contributed by atoms with Gasteiger partial charge in [-0.25, -0.2) is 9.97 Å². The van der Waals surface area contributed by atoms with E-state index in [1.807, 2.05) is 40.1 Å². The predicted octanol–water partition coefficient (Wildman–Crippen LogP) is 2.83. The molecule has 2 aromatic heterocycles. The third kappa shape index (κ3) is 3.91. The number of thioether (sulfide) groups is 1. The summed E-state index contributed by atoms with van der Waals surface area (Å²) in [6, 6.07) is 10.0.